The predicted octanol–water partition coefficient (Wildman–Crippen LogP) is 3.87. The second-order valence-electron chi connectivity index (χ2n) is 6.56. The molecule has 1 amide bonds. The second-order valence-corrected chi connectivity index (χ2v) is 6.56. The van der Waals surface area contributed by atoms with Crippen molar-refractivity contribution in [2.45, 2.75) is 13.0 Å². The van der Waals surface area contributed by atoms with Crippen LogP contribution in [-0.2, 0) is 4.79 Å². The summed E-state index contributed by atoms with van der Waals surface area (Å²) < 4.78 is 21.2. The summed E-state index contributed by atoms with van der Waals surface area (Å²) in [5.74, 6) is -0.505. The van der Waals surface area contributed by atoms with E-state index in [1.165, 1.54) is 29.2 Å². The van der Waals surface area contributed by atoms with E-state index in [1.54, 1.807) is 19.1 Å². The lowest BCUT2D eigenvalue weighted by Crippen LogP contribution is -2.30. The molecule has 0 bridgehead atoms. The van der Waals surface area contributed by atoms with E-state index in [4.69, 9.17) is 4.74 Å². The number of anilines is 1. The molecular weight excluding hydrogens is 385 g/mol. The van der Waals surface area contributed by atoms with E-state index in [-0.39, 0.29) is 5.69 Å². The Morgan fingerprint density at radius 2 is 1.77 bits per heavy atom. The van der Waals surface area contributed by atoms with Gasteiger partial charge >= 0.3 is 0 Å². The molecule has 1 unspecified atom stereocenters. The van der Waals surface area contributed by atoms with Gasteiger partial charge in [-0.1, -0.05) is 42.5 Å². The molecule has 0 aliphatic heterocycles. The van der Waals surface area contributed by atoms with Crippen LogP contribution in [0.2, 0.25) is 0 Å². The molecule has 7 nitrogen and oxygen atoms in total. The number of nitrogens with zero attached hydrogens (tertiary/aromatic N) is 4. The van der Waals surface area contributed by atoms with E-state index < -0.39 is 17.8 Å². The summed E-state index contributed by atoms with van der Waals surface area (Å²) in [6.07, 6.45) is 0.549. The molecule has 4 rings (SSSR count). The molecule has 1 heterocycles. The molecule has 4 aromatic rings. The lowest BCUT2D eigenvalue weighted by atomic mass is 10.1. The molecule has 8 heteroatoms. The minimum atomic E-state index is -0.830. The standard InChI is InChI=1S/C22H18FN5O2/c1-15(30-19-10-7-17(8-11-19)16-5-3-2-4-6-16)22(29)25-21-13-18(9-12-20(21)23)28-14-24-26-27-28/h2-15H,1H3,(H,25,29). The third-order valence-electron chi connectivity index (χ3n) is 4.46. The minimum absolute atomic E-state index is 0.0166. The summed E-state index contributed by atoms with van der Waals surface area (Å²) >= 11 is 0. The third-order valence-corrected chi connectivity index (χ3v) is 4.46. The highest BCUT2D eigenvalue weighted by atomic mass is 19.1. The fourth-order valence-corrected chi connectivity index (χ4v) is 2.88. The Bertz CT molecular complexity index is 1130. The predicted molar refractivity (Wildman–Crippen MR) is 110 cm³/mol. The molecule has 3 aromatic carbocycles. The van der Waals surface area contributed by atoms with E-state index >= 15 is 0 Å². The number of aromatic nitrogens is 4. The maximum absolute atomic E-state index is 14.2. The molecule has 30 heavy (non-hydrogen) atoms. The van der Waals surface area contributed by atoms with Gasteiger partial charge in [0.2, 0.25) is 0 Å². The molecule has 0 saturated carbocycles. The molecule has 1 N–H and O–H groups in total. The first-order chi connectivity index (χ1) is 14.6. The fraction of sp³-hybridized carbons (Fsp3) is 0.0909. The Balaban J connectivity index is 1.42. The van der Waals surface area contributed by atoms with Crippen molar-refractivity contribution in [3.8, 4) is 22.6 Å². The van der Waals surface area contributed by atoms with Crippen LogP contribution in [0.1, 0.15) is 6.92 Å². The zero-order chi connectivity index (χ0) is 20.9. The summed E-state index contributed by atoms with van der Waals surface area (Å²) in [5, 5.41) is 13.4. The highest BCUT2D eigenvalue weighted by Gasteiger charge is 2.17. The summed E-state index contributed by atoms with van der Waals surface area (Å²) in [5.41, 5.74) is 2.67. The maximum atomic E-state index is 14.2. The lowest BCUT2D eigenvalue weighted by Gasteiger charge is -2.16. The summed E-state index contributed by atoms with van der Waals surface area (Å²) in [6, 6.07) is 21.6. The molecule has 150 valence electrons. The van der Waals surface area contributed by atoms with Gasteiger partial charge in [-0.15, -0.1) is 5.10 Å². The summed E-state index contributed by atoms with van der Waals surface area (Å²) in [6.45, 7) is 1.60. The molecule has 0 saturated heterocycles. The SMILES string of the molecule is CC(Oc1ccc(-c2ccccc2)cc1)C(=O)Nc1cc(-n2cnnn2)ccc1F. The lowest BCUT2D eigenvalue weighted by molar-refractivity contribution is -0.122. The van der Waals surface area contributed by atoms with E-state index in [9.17, 15) is 9.18 Å². The molecule has 0 fully saturated rings. The van der Waals surface area contributed by atoms with Crippen LogP contribution in [0.25, 0.3) is 16.8 Å². The molecule has 0 radical (unpaired) electrons. The second kappa shape index (κ2) is 8.52. The average molecular weight is 403 g/mol. The number of hydrogen-bond donors (Lipinski definition) is 1. The van der Waals surface area contributed by atoms with Gasteiger partial charge in [-0.3, -0.25) is 4.79 Å². The Morgan fingerprint density at radius 3 is 2.47 bits per heavy atom. The smallest absolute Gasteiger partial charge is 0.265 e. The van der Waals surface area contributed by atoms with Gasteiger partial charge in [-0.25, -0.2) is 9.07 Å². The van der Waals surface area contributed by atoms with Crippen LogP contribution >= 0.6 is 0 Å². The van der Waals surface area contributed by atoms with Crippen molar-refractivity contribution >= 4 is 11.6 Å². The maximum Gasteiger partial charge on any atom is 0.265 e. The van der Waals surface area contributed by atoms with Gasteiger partial charge in [0, 0.05) is 0 Å². The van der Waals surface area contributed by atoms with E-state index in [2.05, 4.69) is 20.8 Å². The highest BCUT2D eigenvalue weighted by molar-refractivity contribution is 5.94. The van der Waals surface area contributed by atoms with Crippen LogP contribution in [0.3, 0.4) is 0 Å². The number of nitrogens with one attached hydrogen (secondary N) is 1. The first-order valence-corrected chi connectivity index (χ1v) is 9.26. The van der Waals surface area contributed by atoms with Crippen molar-refractivity contribution in [1.29, 1.82) is 0 Å². The van der Waals surface area contributed by atoms with Crippen LogP contribution in [-0.4, -0.2) is 32.2 Å². The Kier molecular flexibility index (Phi) is 5.47. The number of hydrogen-bond acceptors (Lipinski definition) is 5. The fourth-order valence-electron chi connectivity index (χ4n) is 2.88. The number of benzene rings is 3. The topological polar surface area (TPSA) is 81.9 Å². The van der Waals surface area contributed by atoms with Gasteiger partial charge in [0.15, 0.2) is 6.10 Å². The van der Waals surface area contributed by atoms with Crippen molar-refractivity contribution < 1.29 is 13.9 Å². The molecule has 0 aliphatic carbocycles. The summed E-state index contributed by atoms with van der Waals surface area (Å²) in [7, 11) is 0. The molecular formula is C22H18FN5O2. The minimum Gasteiger partial charge on any atom is -0.481 e. The molecule has 0 spiro atoms. The van der Waals surface area contributed by atoms with Gasteiger partial charge in [0.1, 0.15) is 17.9 Å². The normalized spacial score (nSPS) is 11.7. The van der Waals surface area contributed by atoms with Crippen LogP contribution in [0.5, 0.6) is 5.75 Å². The van der Waals surface area contributed by atoms with Crippen LogP contribution in [0.15, 0.2) is 79.1 Å². The number of halogens is 1. The van der Waals surface area contributed by atoms with Crippen molar-refractivity contribution in [2.75, 3.05) is 5.32 Å². The van der Waals surface area contributed by atoms with Crippen LogP contribution < -0.4 is 10.1 Å². The van der Waals surface area contributed by atoms with Crippen molar-refractivity contribution in [3.05, 3.63) is 84.9 Å². The quantitative estimate of drug-likeness (QED) is 0.528. The van der Waals surface area contributed by atoms with E-state index in [0.29, 0.717) is 11.4 Å². The van der Waals surface area contributed by atoms with Crippen LogP contribution in [0.4, 0.5) is 10.1 Å². The number of tetrazole rings is 1. The monoisotopic (exact) mass is 403 g/mol. The molecule has 1 aromatic heterocycles. The van der Waals surface area contributed by atoms with Crippen molar-refractivity contribution in [3.63, 3.8) is 0 Å². The van der Waals surface area contributed by atoms with Crippen molar-refractivity contribution in [1.82, 2.24) is 20.2 Å². The van der Waals surface area contributed by atoms with Gasteiger partial charge < -0.3 is 10.1 Å². The Morgan fingerprint density at radius 1 is 1.03 bits per heavy atom. The van der Waals surface area contributed by atoms with E-state index in [0.717, 1.165) is 11.1 Å². The summed E-state index contributed by atoms with van der Waals surface area (Å²) in [4.78, 5) is 12.5. The number of amides is 1. The molecule has 1 atom stereocenters. The number of ether oxygens (including phenoxy) is 1. The van der Waals surface area contributed by atoms with Gasteiger partial charge in [0.25, 0.3) is 5.91 Å². The Labute approximate surface area is 172 Å². The van der Waals surface area contributed by atoms with Gasteiger partial charge in [0.05, 0.1) is 11.4 Å². The van der Waals surface area contributed by atoms with Crippen LogP contribution in [0, 0.1) is 5.82 Å². The van der Waals surface area contributed by atoms with Crippen molar-refractivity contribution in [2.24, 2.45) is 0 Å². The average Bonchev–Trinajstić information content (AvgIpc) is 3.31. The van der Waals surface area contributed by atoms with E-state index in [1.807, 2.05) is 42.5 Å². The number of carbonyl (C=O) groups excluding carboxylic acids is 1. The first-order valence-electron chi connectivity index (χ1n) is 9.26. The molecule has 0 aliphatic rings. The first kappa shape index (κ1) is 19.3. The number of rotatable bonds is 6. The zero-order valence-electron chi connectivity index (χ0n) is 16.1. The Hall–Kier alpha value is -4.07. The largest absolute Gasteiger partial charge is 0.481 e. The third kappa shape index (κ3) is 4.33. The number of carbonyl (C=O) groups is 1. The highest BCUT2D eigenvalue weighted by Crippen LogP contribution is 2.23. The van der Waals surface area contributed by atoms with Gasteiger partial charge in [-0.2, -0.15) is 0 Å². The van der Waals surface area contributed by atoms with Gasteiger partial charge in [-0.05, 0) is 58.8 Å². The zero-order valence-corrected chi connectivity index (χ0v) is 16.1.